The molecule has 1 amide bonds. The normalized spacial score (nSPS) is 18.0. The summed E-state index contributed by atoms with van der Waals surface area (Å²) in [6.07, 6.45) is -4.67. The van der Waals surface area contributed by atoms with E-state index in [1.807, 2.05) is 57.2 Å². The minimum absolute atomic E-state index is 0.0473. The molecule has 0 saturated carbocycles. The van der Waals surface area contributed by atoms with Crippen LogP contribution < -0.4 is 15.4 Å². The van der Waals surface area contributed by atoms with Crippen LogP contribution in [0.3, 0.4) is 0 Å². The zero-order valence-corrected chi connectivity index (χ0v) is 18.5. The highest BCUT2D eigenvalue weighted by Crippen LogP contribution is 2.25. The number of benzene rings is 2. The molecule has 2 aromatic carbocycles. The minimum atomic E-state index is -5.08. The van der Waals surface area contributed by atoms with E-state index in [1.165, 1.54) is 0 Å². The maximum Gasteiger partial charge on any atom is 0.490 e. The van der Waals surface area contributed by atoms with Crippen LogP contribution in [0.25, 0.3) is 0 Å². The monoisotopic (exact) mass is 468 g/mol. The number of nitrogens with one attached hydrogen (secondary N) is 2. The number of amides is 1. The van der Waals surface area contributed by atoms with Gasteiger partial charge in [-0.25, -0.2) is 4.79 Å². The number of carboxylic acids is 1. The molecule has 2 atom stereocenters. The van der Waals surface area contributed by atoms with Gasteiger partial charge < -0.3 is 25.2 Å². The predicted octanol–water partition coefficient (Wildman–Crippen LogP) is 4.43. The number of hydrogen-bond donors (Lipinski definition) is 3. The Morgan fingerprint density at radius 2 is 1.67 bits per heavy atom. The van der Waals surface area contributed by atoms with Crippen LogP contribution >= 0.6 is 0 Å². The fourth-order valence-corrected chi connectivity index (χ4v) is 3.15. The number of alkyl halides is 3. The molecule has 0 aliphatic carbocycles. The third-order valence-corrected chi connectivity index (χ3v) is 4.45. The summed E-state index contributed by atoms with van der Waals surface area (Å²) in [5.41, 5.74) is 3.08. The maximum absolute atomic E-state index is 12.2. The molecule has 0 bridgehead atoms. The average Bonchev–Trinajstić information content (AvgIpc) is 2.68. The number of halogens is 3. The summed E-state index contributed by atoms with van der Waals surface area (Å²) >= 11 is 0. The van der Waals surface area contributed by atoms with Crippen LogP contribution in [0.15, 0.2) is 42.5 Å². The average molecular weight is 468 g/mol. The summed E-state index contributed by atoms with van der Waals surface area (Å²) in [6, 6.07) is 13.5. The van der Waals surface area contributed by atoms with Gasteiger partial charge in [0.05, 0.1) is 18.6 Å². The van der Waals surface area contributed by atoms with Crippen molar-refractivity contribution in [3.8, 4) is 11.5 Å². The third kappa shape index (κ3) is 9.50. The fourth-order valence-electron chi connectivity index (χ4n) is 3.15. The zero-order chi connectivity index (χ0) is 24.6. The first-order chi connectivity index (χ1) is 15.4. The van der Waals surface area contributed by atoms with Crippen LogP contribution in [0.2, 0.25) is 0 Å². The van der Waals surface area contributed by atoms with E-state index in [0.29, 0.717) is 13.0 Å². The fraction of sp³-hybridized carbons (Fsp3) is 0.391. The summed E-state index contributed by atoms with van der Waals surface area (Å²) in [5, 5.41) is 13.3. The van der Waals surface area contributed by atoms with Gasteiger partial charge in [-0.05, 0) is 68.3 Å². The highest BCUT2D eigenvalue weighted by molar-refractivity contribution is 5.91. The number of aryl methyl sites for hydroxylation is 2. The van der Waals surface area contributed by atoms with Gasteiger partial charge in [-0.2, -0.15) is 13.2 Å². The Balaban J connectivity index is 0.000000479. The molecule has 3 N–H and O–H groups in total. The van der Waals surface area contributed by atoms with E-state index in [0.717, 1.165) is 34.9 Å². The van der Waals surface area contributed by atoms with Crippen molar-refractivity contribution < 1.29 is 37.3 Å². The number of aliphatic carboxylic acids is 1. The Morgan fingerprint density at radius 3 is 2.18 bits per heavy atom. The molecule has 0 spiro atoms. The van der Waals surface area contributed by atoms with E-state index >= 15 is 0 Å². The molecule has 7 nitrogen and oxygen atoms in total. The van der Waals surface area contributed by atoms with Gasteiger partial charge in [0.15, 0.2) is 0 Å². The highest BCUT2D eigenvalue weighted by atomic mass is 19.4. The molecule has 1 saturated heterocycles. The van der Waals surface area contributed by atoms with E-state index in [4.69, 9.17) is 19.4 Å². The smallest absolute Gasteiger partial charge is 0.475 e. The summed E-state index contributed by atoms with van der Waals surface area (Å²) in [7, 11) is 0. The van der Waals surface area contributed by atoms with E-state index in [9.17, 15) is 18.0 Å². The van der Waals surface area contributed by atoms with Crippen molar-refractivity contribution in [1.29, 1.82) is 0 Å². The lowest BCUT2D eigenvalue weighted by molar-refractivity contribution is -0.192. The number of carboxylic acid groups (broad SMARTS) is 1. The predicted molar refractivity (Wildman–Crippen MR) is 117 cm³/mol. The molecule has 1 fully saturated rings. The number of carbonyl (C=O) groups excluding carboxylic acids is 1. The number of carbonyl (C=O) groups is 2. The first-order valence-electron chi connectivity index (χ1n) is 10.2. The summed E-state index contributed by atoms with van der Waals surface area (Å²) in [5.74, 6) is -1.25. The van der Waals surface area contributed by atoms with Gasteiger partial charge in [0.1, 0.15) is 11.5 Å². The maximum atomic E-state index is 12.2. The second kappa shape index (κ2) is 11.7. The van der Waals surface area contributed by atoms with Gasteiger partial charge in [-0.15, -0.1) is 0 Å². The molecule has 0 radical (unpaired) electrons. The quantitative estimate of drug-likeness (QED) is 0.601. The number of morpholine rings is 1. The van der Waals surface area contributed by atoms with Gasteiger partial charge in [0.25, 0.3) is 0 Å². The van der Waals surface area contributed by atoms with E-state index in [2.05, 4.69) is 16.7 Å². The van der Waals surface area contributed by atoms with E-state index in [1.54, 1.807) is 0 Å². The third-order valence-electron chi connectivity index (χ3n) is 4.45. The molecule has 3 rings (SSSR count). The summed E-state index contributed by atoms with van der Waals surface area (Å²) < 4.78 is 43.4. The van der Waals surface area contributed by atoms with Crippen LogP contribution in [0.4, 0.5) is 18.9 Å². The topological polar surface area (TPSA) is 96.9 Å². The SMILES string of the molecule is Cc1cc(C)cc(Oc2ccc(NC(=O)CC3CNCC(C)O3)cc2)c1.O=C(O)C(F)(F)F. The molecule has 180 valence electrons. The Kier molecular flexibility index (Phi) is 9.24. The highest BCUT2D eigenvalue weighted by Gasteiger charge is 2.38. The Morgan fingerprint density at radius 1 is 1.09 bits per heavy atom. The molecule has 10 heteroatoms. The summed E-state index contributed by atoms with van der Waals surface area (Å²) in [6.45, 7) is 7.64. The molecule has 1 heterocycles. The van der Waals surface area contributed by atoms with Crippen LogP contribution in [-0.4, -0.2) is 48.5 Å². The molecule has 1 aliphatic rings. The molecular formula is C23H27F3N2O5. The molecule has 33 heavy (non-hydrogen) atoms. The van der Waals surface area contributed by atoms with E-state index < -0.39 is 12.1 Å². The lowest BCUT2D eigenvalue weighted by Crippen LogP contribution is -2.44. The lowest BCUT2D eigenvalue weighted by atomic mass is 10.1. The molecule has 2 aromatic rings. The van der Waals surface area contributed by atoms with Crippen molar-refractivity contribution in [2.24, 2.45) is 0 Å². The summed E-state index contributed by atoms with van der Waals surface area (Å²) in [4.78, 5) is 21.1. The van der Waals surface area contributed by atoms with Crippen molar-refractivity contribution in [2.45, 2.75) is 45.6 Å². The van der Waals surface area contributed by atoms with Crippen molar-refractivity contribution in [1.82, 2.24) is 5.32 Å². The van der Waals surface area contributed by atoms with Gasteiger partial charge in [0.2, 0.25) is 5.91 Å². The van der Waals surface area contributed by atoms with Gasteiger partial charge in [-0.1, -0.05) is 6.07 Å². The van der Waals surface area contributed by atoms with E-state index in [-0.39, 0.29) is 18.1 Å². The number of ether oxygens (including phenoxy) is 2. The largest absolute Gasteiger partial charge is 0.490 e. The van der Waals surface area contributed by atoms with Crippen LogP contribution in [-0.2, 0) is 14.3 Å². The van der Waals surface area contributed by atoms with Gasteiger partial charge >= 0.3 is 12.1 Å². The van der Waals surface area contributed by atoms with Gasteiger partial charge in [-0.3, -0.25) is 4.79 Å². The molecule has 1 aliphatic heterocycles. The Bertz CT molecular complexity index is 928. The zero-order valence-electron chi connectivity index (χ0n) is 18.5. The van der Waals surface area contributed by atoms with Crippen molar-refractivity contribution in [3.05, 3.63) is 53.6 Å². The second-order valence-corrected chi connectivity index (χ2v) is 7.73. The van der Waals surface area contributed by atoms with Crippen molar-refractivity contribution >= 4 is 17.6 Å². The number of hydrogen-bond acceptors (Lipinski definition) is 5. The Labute approximate surface area is 189 Å². The van der Waals surface area contributed by atoms with Crippen LogP contribution in [0, 0.1) is 13.8 Å². The van der Waals surface area contributed by atoms with Crippen LogP contribution in [0.1, 0.15) is 24.5 Å². The first kappa shape index (κ1) is 26.1. The van der Waals surface area contributed by atoms with Crippen LogP contribution in [0.5, 0.6) is 11.5 Å². The van der Waals surface area contributed by atoms with Crippen molar-refractivity contribution in [3.63, 3.8) is 0 Å². The number of rotatable bonds is 5. The lowest BCUT2D eigenvalue weighted by Gasteiger charge is -2.28. The van der Waals surface area contributed by atoms with Crippen molar-refractivity contribution in [2.75, 3.05) is 18.4 Å². The number of anilines is 1. The molecule has 0 aromatic heterocycles. The van der Waals surface area contributed by atoms with Gasteiger partial charge in [0, 0.05) is 18.8 Å². The second-order valence-electron chi connectivity index (χ2n) is 7.73. The standard InChI is InChI=1S/C21H26N2O3.C2HF3O2/c1-14-8-15(2)10-19(9-14)26-18-6-4-17(5-7-18)23-21(24)11-20-13-22-12-16(3)25-20;3-2(4,5)1(6)7/h4-10,16,20,22H,11-13H2,1-3H3,(H,23,24);(H,6,7). The molecule has 2 unspecified atom stereocenters. The molecular weight excluding hydrogens is 441 g/mol. The minimum Gasteiger partial charge on any atom is -0.475 e. The first-order valence-corrected chi connectivity index (χ1v) is 10.2. The Hall–Kier alpha value is -3.11.